The molecule has 0 fully saturated rings. The zero-order valence-electron chi connectivity index (χ0n) is 15.9. The van der Waals surface area contributed by atoms with Crippen LogP contribution in [0.15, 0.2) is 48.5 Å². The first-order valence-corrected chi connectivity index (χ1v) is 10.6. The fourth-order valence-electron chi connectivity index (χ4n) is 3.04. The van der Waals surface area contributed by atoms with Crippen molar-refractivity contribution >= 4 is 7.82 Å². The van der Waals surface area contributed by atoms with E-state index in [2.05, 4.69) is 76.2 Å². The number of phosphoric acid groups is 1. The normalized spacial score (nSPS) is 12.3. The molecule has 0 aliphatic heterocycles. The van der Waals surface area contributed by atoms with Gasteiger partial charge in [0.1, 0.15) is 0 Å². The lowest BCUT2D eigenvalue weighted by Gasteiger charge is -2.20. The largest absolute Gasteiger partial charge is 0.469 e. The molecule has 2 N–H and O–H groups in total. The Bertz CT molecular complexity index is 678. The maximum absolute atomic E-state index is 11.0. The van der Waals surface area contributed by atoms with Gasteiger partial charge in [0.15, 0.2) is 0 Å². The third-order valence-corrected chi connectivity index (χ3v) is 5.20. The third-order valence-electron chi connectivity index (χ3n) is 4.68. The summed E-state index contributed by atoms with van der Waals surface area (Å²) in [5, 5.41) is 0. The summed E-state index contributed by atoms with van der Waals surface area (Å²) in [5.74, 6) is 0.959. The summed E-state index contributed by atoms with van der Waals surface area (Å²) >= 11 is 0. The van der Waals surface area contributed by atoms with Gasteiger partial charge in [0.25, 0.3) is 0 Å². The fourth-order valence-corrected chi connectivity index (χ4v) is 3.38. The zero-order chi connectivity index (χ0) is 19.3. The summed E-state index contributed by atoms with van der Waals surface area (Å²) in [5.41, 5.74) is 4.80. The molecule has 2 aromatic rings. The van der Waals surface area contributed by atoms with Gasteiger partial charge in [-0.15, -0.1) is 0 Å². The second-order valence-electron chi connectivity index (χ2n) is 7.31. The molecule has 0 unspecified atom stereocenters. The van der Waals surface area contributed by atoms with Gasteiger partial charge in [0, 0.05) is 5.92 Å². The van der Waals surface area contributed by atoms with Crippen molar-refractivity contribution in [2.45, 2.75) is 51.9 Å². The summed E-state index contributed by atoms with van der Waals surface area (Å²) in [6, 6.07) is 16.9. The molecule has 0 aliphatic carbocycles. The van der Waals surface area contributed by atoms with Crippen LogP contribution < -0.4 is 0 Å². The molecule has 26 heavy (non-hydrogen) atoms. The monoisotopic (exact) mass is 376 g/mol. The lowest BCUT2D eigenvalue weighted by atomic mass is 9.86. The molecule has 0 saturated carbocycles. The van der Waals surface area contributed by atoms with Crippen molar-refractivity contribution < 1.29 is 18.9 Å². The maximum Gasteiger partial charge on any atom is 0.469 e. The molecule has 0 bridgehead atoms. The Hall–Kier alpha value is -1.45. The number of rotatable bonds is 8. The third kappa shape index (κ3) is 6.07. The van der Waals surface area contributed by atoms with E-state index >= 15 is 0 Å². The molecule has 0 spiro atoms. The number of hydrogen-bond acceptors (Lipinski definition) is 2. The topological polar surface area (TPSA) is 66.8 Å². The fraction of sp³-hybridized carbons (Fsp3) is 0.429. The first-order valence-electron chi connectivity index (χ1n) is 9.07. The van der Waals surface area contributed by atoms with Crippen LogP contribution in [-0.4, -0.2) is 16.4 Å². The molecule has 0 amide bonds. The standard InChI is InChI=1S/C21H29O4P/c1-15(2)17-5-9-19(10-6-17)21(13-14-25-26(22,23)24)20-11-7-18(8-12-20)16(3)4/h5-12,15-16,21H,13-14H2,1-4H3,(H2,22,23,24). The predicted octanol–water partition coefficient (Wildman–Crippen LogP) is 5.56. The van der Waals surface area contributed by atoms with Gasteiger partial charge in [-0.05, 0) is 40.5 Å². The van der Waals surface area contributed by atoms with Crippen molar-refractivity contribution in [1.29, 1.82) is 0 Å². The molecular weight excluding hydrogens is 347 g/mol. The summed E-state index contributed by atoms with van der Waals surface area (Å²) in [6.07, 6.45) is 0.507. The van der Waals surface area contributed by atoms with E-state index in [1.54, 1.807) is 0 Å². The molecule has 5 heteroatoms. The average molecular weight is 376 g/mol. The molecular formula is C21H29O4P. The smallest absolute Gasteiger partial charge is 0.303 e. The molecule has 0 heterocycles. The van der Waals surface area contributed by atoms with Gasteiger partial charge in [0.2, 0.25) is 0 Å². The molecule has 142 valence electrons. The van der Waals surface area contributed by atoms with E-state index in [1.165, 1.54) is 11.1 Å². The van der Waals surface area contributed by atoms with Crippen LogP contribution in [0.5, 0.6) is 0 Å². The van der Waals surface area contributed by atoms with Gasteiger partial charge >= 0.3 is 7.82 Å². The highest BCUT2D eigenvalue weighted by molar-refractivity contribution is 7.46. The summed E-state index contributed by atoms with van der Waals surface area (Å²) in [6.45, 7) is 8.64. The molecule has 2 aromatic carbocycles. The number of hydrogen-bond donors (Lipinski definition) is 2. The van der Waals surface area contributed by atoms with Crippen molar-refractivity contribution in [1.82, 2.24) is 0 Å². The van der Waals surface area contributed by atoms with E-state index < -0.39 is 7.82 Å². The van der Waals surface area contributed by atoms with Crippen molar-refractivity contribution in [2.75, 3.05) is 6.61 Å². The Morgan fingerprint density at radius 2 is 1.12 bits per heavy atom. The minimum Gasteiger partial charge on any atom is -0.303 e. The van der Waals surface area contributed by atoms with Gasteiger partial charge in [-0.1, -0.05) is 76.2 Å². The minimum atomic E-state index is -4.45. The summed E-state index contributed by atoms with van der Waals surface area (Å²) in [4.78, 5) is 17.9. The Labute approximate surface area is 156 Å². The molecule has 0 saturated heterocycles. The Morgan fingerprint density at radius 1 is 0.769 bits per heavy atom. The minimum absolute atomic E-state index is 0.00675. The molecule has 0 aromatic heterocycles. The van der Waals surface area contributed by atoms with Gasteiger partial charge in [-0.3, -0.25) is 4.52 Å². The molecule has 4 nitrogen and oxygen atoms in total. The van der Waals surface area contributed by atoms with E-state index in [9.17, 15) is 4.57 Å². The zero-order valence-corrected chi connectivity index (χ0v) is 16.8. The highest BCUT2D eigenvalue weighted by atomic mass is 31.2. The van der Waals surface area contributed by atoms with Crippen LogP contribution in [0, 0.1) is 0 Å². The highest BCUT2D eigenvalue weighted by Gasteiger charge is 2.19. The Balaban J connectivity index is 2.27. The molecule has 2 rings (SSSR count). The summed E-state index contributed by atoms with van der Waals surface area (Å²) in [7, 11) is -4.45. The van der Waals surface area contributed by atoms with E-state index in [0.29, 0.717) is 18.3 Å². The van der Waals surface area contributed by atoms with E-state index in [-0.39, 0.29) is 12.5 Å². The quantitative estimate of drug-likeness (QED) is 0.592. The Kier molecular flexibility index (Phi) is 7.19. The lowest BCUT2D eigenvalue weighted by Crippen LogP contribution is -2.06. The van der Waals surface area contributed by atoms with Crippen LogP contribution in [0.3, 0.4) is 0 Å². The summed E-state index contributed by atoms with van der Waals surface area (Å²) < 4.78 is 15.7. The van der Waals surface area contributed by atoms with Crippen LogP contribution in [-0.2, 0) is 9.09 Å². The second-order valence-corrected chi connectivity index (χ2v) is 8.55. The lowest BCUT2D eigenvalue weighted by molar-refractivity contribution is 0.192. The van der Waals surface area contributed by atoms with Gasteiger partial charge < -0.3 is 9.79 Å². The molecule has 0 atom stereocenters. The second kappa shape index (κ2) is 8.96. The van der Waals surface area contributed by atoms with Gasteiger partial charge in [-0.25, -0.2) is 4.57 Å². The molecule has 0 aliphatic rings. The van der Waals surface area contributed by atoms with Crippen molar-refractivity contribution in [3.05, 3.63) is 70.8 Å². The van der Waals surface area contributed by atoms with Crippen molar-refractivity contribution in [3.63, 3.8) is 0 Å². The number of benzene rings is 2. The SMILES string of the molecule is CC(C)c1ccc(C(CCOP(=O)(O)O)c2ccc(C(C)C)cc2)cc1. The van der Waals surface area contributed by atoms with E-state index in [1.807, 2.05) is 0 Å². The van der Waals surface area contributed by atoms with E-state index in [4.69, 9.17) is 14.3 Å². The number of phosphoric ester groups is 1. The van der Waals surface area contributed by atoms with Crippen molar-refractivity contribution in [3.8, 4) is 0 Å². The Morgan fingerprint density at radius 3 is 1.42 bits per heavy atom. The first-order chi connectivity index (χ1) is 12.2. The van der Waals surface area contributed by atoms with E-state index in [0.717, 1.165) is 11.1 Å². The van der Waals surface area contributed by atoms with Gasteiger partial charge in [-0.2, -0.15) is 0 Å². The highest BCUT2D eigenvalue weighted by Crippen LogP contribution is 2.38. The molecule has 0 radical (unpaired) electrons. The van der Waals surface area contributed by atoms with Crippen LogP contribution in [0.25, 0.3) is 0 Å². The maximum atomic E-state index is 11.0. The first kappa shape index (κ1) is 20.9. The predicted molar refractivity (Wildman–Crippen MR) is 106 cm³/mol. The van der Waals surface area contributed by atoms with Crippen LogP contribution >= 0.6 is 7.82 Å². The van der Waals surface area contributed by atoms with Crippen LogP contribution in [0.4, 0.5) is 0 Å². The van der Waals surface area contributed by atoms with Crippen LogP contribution in [0.1, 0.15) is 74.1 Å². The average Bonchev–Trinajstić information content (AvgIpc) is 2.58. The van der Waals surface area contributed by atoms with Gasteiger partial charge in [0.05, 0.1) is 6.61 Å². The van der Waals surface area contributed by atoms with Crippen molar-refractivity contribution in [2.24, 2.45) is 0 Å². The van der Waals surface area contributed by atoms with Crippen LogP contribution in [0.2, 0.25) is 0 Å².